The van der Waals surface area contributed by atoms with Crippen molar-refractivity contribution in [2.75, 3.05) is 6.54 Å². The fourth-order valence-corrected chi connectivity index (χ4v) is 4.21. The molecular weight excluding hydrogens is 541 g/mol. The summed E-state index contributed by atoms with van der Waals surface area (Å²) in [7, 11) is 0. The summed E-state index contributed by atoms with van der Waals surface area (Å²) in [6, 6.07) is 0.786. The lowest BCUT2D eigenvalue weighted by Crippen LogP contribution is -2.54. The second-order valence-electron chi connectivity index (χ2n) is 7.49. The molecule has 0 saturated heterocycles. The van der Waals surface area contributed by atoms with Crippen LogP contribution in [0.15, 0.2) is 12.1 Å². The second kappa shape index (κ2) is 9.15. The summed E-state index contributed by atoms with van der Waals surface area (Å²) in [6.45, 7) is 2.49. The fourth-order valence-electron chi connectivity index (χ4n) is 2.59. The molecule has 0 aliphatic rings. The number of nitrogens with zero attached hydrogens (tertiary/aromatic N) is 1. The summed E-state index contributed by atoms with van der Waals surface area (Å²) in [5, 5.41) is 28.2. The first-order chi connectivity index (χ1) is 15.2. The van der Waals surface area contributed by atoms with Gasteiger partial charge in [0.25, 0.3) is 11.5 Å². The molecule has 0 aliphatic heterocycles. The van der Waals surface area contributed by atoms with E-state index in [1.807, 2.05) is 0 Å². The Balaban J connectivity index is 2.66. The third kappa shape index (κ3) is 5.25. The number of alkyl halides is 6. The average molecular weight is 555 g/mol. The number of hydrogen-bond acceptors (Lipinski definition) is 6. The van der Waals surface area contributed by atoms with Crippen molar-refractivity contribution in [1.82, 2.24) is 10.3 Å². The van der Waals surface area contributed by atoms with E-state index in [1.165, 1.54) is 13.8 Å². The van der Waals surface area contributed by atoms with Crippen molar-refractivity contribution in [2.24, 2.45) is 0 Å². The molecule has 0 aliphatic carbocycles. The number of rotatable bonds is 6. The van der Waals surface area contributed by atoms with Crippen molar-refractivity contribution in [3.05, 3.63) is 38.4 Å². The Kier molecular flexibility index (Phi) is 7.56. The van der Waals surface area contributed by atoms with Crippen LogP contribution in [0.2, 0.25) is 10.0 Å². The van der Waals surface area contributed by atoms with E-state index in [2.05, 4.69) is 10.3 Å². The number of aromatic nitrogens is 1. The minimum atomic E-state index is -6.23. The molecule has 2 aromatic rings. The molecule has 1 heterocycles. The first-order valence-electron chi connectivity index (χ1n) is 8.81. The van der Waals surface area contributed by atoms with E-state index in [0.717, 1.165) is 0 Å². The maximum atomic E-state index is 13.2. The normalized spacial score (nSPS) is 13.2. The monoisotopic (exact) mass is 554 g/mol. The molecule has 0 atom stereocenters. The van der Waals surface area contributed by atoms with Gasteiger partial charge in [-0.2, -0.15) is 26.3 Å². The highest BCUT2D eigenvalue weighted by molar-refractivity contribution is 7.17. The highest BCUT2D eigenvalue weighted by Crippen LogP contribution is 2.53. The third-order valence-electron chi connectivity index (χ3n) is 4.24. The number of carbonyl (C=O) groups is 2. The molecule has 0 fully saturated rings. The van der Waals surface area contributed by atoms with E-state index in [-0.39, 0.29) is 12.6 Å². The number of halogens is 8. The quantitative estimate of drug-likeness (QED) is 0.386. The highest BCUT2D eigenvalue weighted by atomic mass is 35.5. The molecule has 2 rings (SSSR count). The zero-order valence-corrected chi connectivity index (χ0v) is 19.2. The Morgan fingerprint density at radius 2 is 1.56 bits per heavy atom. The van der Waals surface area contributed by atoms with Crippen LogP contribution < -0.4 is 5.32 Å². The molecule has 16 heteroatoms. The molecule has 0 radical (unpaired) electrons. The first-order valence-corrected chi connectivity index (χ1v) is 10.4. The second-order valence-corrected chi connectivity index (χ2v) is 9.25. The summed E-state index contributed by atoms with van der Waals surface area (Å²) < 4.78 is 79.3. The molecule has 34 heavy (non-hydrogen) atoms. The number of nitrogens with one attached hydrogen (secondary N) is 1. The highest BCUT2D eigenvalue weighted by Gasteiger charge is 2.72. The summed E-state index contributed by atoms with van der Waals surface area (Å²) >= 11 is 12.0. The minimum absolute atomic E-state index is 0.198. The van der Waals surface area contributed by atoms with Crippen LogP contribution in [-0.4, -0.2) is 56.7 Å². The standard InChI is InChI=1S/C18H14Cl2F6N2O5S/c1-15(2,32)5-27-12(29)13-28-10(14(30)31)11(34-13)6-3-4-7(9(20)8(6)19)16(33,17(21,22)23)18(24,25)26/h3-4,32-33H,5H2,1-2H3,(H,27,29)(H,30,31). The fraction of sp³-hybridized carbons (Fsp3) is 0.389. The van der Waals surface area contributed by atoms with Crippen molar-refractivity contribution in [3.8, 4) is 10.4 Å². The van der Waals surface area contributed by atoms with Gasteiger partial charge < -0.3 is 20.6 Å². The van der Waals surface area contributed by atoms with Crippen molar-refractivity contribution < 1.29 is 51.3 Å². The average Bonchev–Trinajstić information content (AvgIpc) is 3.10. The van der Waals surface area contributed by atoms with Gasteiger partial charge >= 0.3 is 18.3 Å². The van der Waals surface area contributed by atoms with Crippen LogP contribution >= 0.6 is 34.5 Å². The van der Waals surface area contributed by atoms with E-state index >= 15 is 0 Å². The van der Waals surface area contributed by atoms with Gasteiger partial charge in [-0.05, 0) is 13.8 Å². The van der Waals surface area contributed by atoms with Gasteiger partial charge in [-0.15, -0.1) is 11.3 Å². The Bertz CT molecular complexity index is 1110. The minimum Gasteiger partial charge on any atom is -0.476 e. The Labute approximate surface area is 200 Å². The number of carboxylic acid groups (broad SMARTS) is 1. The van der Waals surface area contributed by atoms with Crippen LogP contribution in [0.1, 0.15) is 39.7 Å². The maximum Gasteiger partial charge on any atom is 0.430 e. The first kappa shape index (κ1) is 28.1. The maximum absolute atomic E-state index is 13.2. The van der Waals surface area contributed by atoms with Crippen molar-refractivity contribution in [3.63, 3.8) is 0 Å². The van der Waals surface area contributed by atoms with Gasteiger partial charge in [-0.1, -0.05) is 35.3 Å². The molecule has 0 bridgehead atoms. The van der Waals surface area contributed by atoms with E-state index in [1.54, 1.807) is 0 Å². The third-order valence-corrected chi connectivity index (χ3v) is 6.21. The number of carboxylic acids is 1. The van der Waals surface area contributed by atoms with Gasteiger partial charge in [-0.25, -0.2) is 9.78 Å². The topological polar surface area (TPSA) is 120 Å². The van der Waals surface area contributed by atoms with E-state index in [4.69, 9.17) is 23.2 Å². The van der Waals surface area contributed by atoms with Crippen LogP contribution in [0, 0.1) is 0 Å². The lowest BCUT2D eigenvalue weighted by Gasteiger charge is -2.33. The summed E-state index contributed by atoms with van der Waals surface area (Å²) in [4.78, 5) is 27.1. The number of aromatic carboxylic acids is 1. The lowest BCUT2D eigenvalue weighted by atomic mass is 9.91. The SMILES string of the molecule is CC(C)(O)CNC(=O)c1nc(C(=O)O)c(-c2ccc(C(O)(C(F)(F)F)C(F)(F)F)c(Cl)c2Cl)s1. The molecule has 1 aromatic heterocycles. The van der Waals surface area contributed by atoms with Gasteiger partial charge in [0.15, 0.2) is 10.7 Å². The van der Waals surface area contributed by atoms with Crippen LogP contribution in [0.25, 0.3) is 10.4 Å². The van der Waals surface area contributed by atoms with E-state index in [0.29, 0.717) is 17.4 Å². The number of benzene rings is 1. The number of aliphatic hydroxyl groups is 2. The Morgan fingerprint density at radius 3 is 2.00 bits per heavy atom. The van der Waals surface area contributed by atoms with Gasteiger partial charge in [0.2, 0.25) is 0 Å². The molecule has 1 aromatic carbocycles. The van der Waals surface area contributed by atoms with Crippen LogP contribution in [0.4, 0.5) is 26.3 Å². The van der Waals surface area contributed by atoms with E-state index in [9.17, 15) is 51.3 Å². The van der Waals surface area contributed by atoms with Crippen molar-refractivity contribution >= 4 is 46.4 Å². The predicted octanol–water partition coefficient (Wildman–Crippen LogP) is 4.63. The van der Waals surface area contributed by atoms with Crippen LogP contribution in [0.5, 0.6) is 0 Å². The summed E-state index contributed by atoms with van der Waals surface area (Å²) in [6.07, 6.45) is -12.5. The molecule has 188 valence electrons. The van der Waals surface area contributed by atoms with Crippen molar-refractivity contribution in [2.45, 2.75) is 37.4 Å². The molecular formula is C18H14Cl2F6N2O5S. The van der Waals surface area contributed by atoms with Crippen LogP contribution in [0.3, 0.4) is 0 Å². The van der Waals surface area contributed by atoms with Crippen molar-refractivity contribution in [1.29, 1.82) is 0 Å². The van der Waals surface area contributed by atoms with Gasteiger partial charge in [-0.3, -0.25) is 4.79 Å². The molecule has 4 N–H and O–H groups in total. The number of thiazole rings is 1. The van der Waals surface area contributed by atoms with Gasteiger partial charge in [0.1, 0.15) is 0 Å². The Morgan fingerprint density at radius 1 is 1.03 bits per heavy atom. The number of amides is 1. The van der Waals surface area contributed by atoms with Gasteiger partial charge in [0.05, 0.1) is 20.5 Å². The molecule has 0 spiro atoms. The van der Waals surface area contributed by atoms with Gasteiger partial charge in [0, 0.05) is 17.7 Å². The summed E-state index contributed by atoms with van der Waals surface area (Å²) in [5.74, 6) is -2.60. The molecule has 0 saturated carbocycles. The predicted molar refractivity (Wildman–Crippen MR) is 109 cm³/mol. The Hall–Kier alpha value is -2.13. The number of carbonyl (C=O) groups excluding carboxylic acids is 1. The molecule has 1 amide bonds. The zero-order valence-electron chi connectivity index (χ0n) is 16.9. The largest absolute Gasteiger partial charge is 0.476 e. The molecule has 7 nitrogen and oxygen atoms in total. The lowest BCUT2D eigenvalue weighted by molar-refractivity contribution is -0.376. The molecule has 0 unspecified atom stereocenters. The zero-order chi connectivity index (χ0) is 26.4. The van der Waals surface area contributed by atoms with E-state index < -0.39 is 72.2 Å². The van der Waals surface area contributed by atoms with Crippen LogP contribution in [-0.2, 0) is 5.60 Å². The summed E-state index contributed by atoms with van der Waals surface area (Å²) in [5.41, 5.74) is -9.76. The smallest absolute Gasteiger partial charge is 0.430 e. The number of hydrogen-bond donors (Lipinski definition) is 4.